The van der Waals surface area contributed by atoms with Crippen molar-refractivity contribution in [3.8, 4) is 11.5 Å². The standard InChI is InChI=1S/C26H27N3O5S2/c1-18-4-7-21(8-5-18)29(36(31,32)23-11-9-22(35-3)10-12-23)17-26(30)28-27-19(2)20-6-13-24-25(16-20)34-15-14-33-24/h4-13,16H,14-15,17H2,1-3H3,(H,28,30)/b27-19-. The number of hydrogen-bond acceptors (Lipinski definition) is 7. The van der Waals surface area contributed by atoms with Crippen LogP contribution in [0.3, 0.4) is 0 Å². The summed E-state index contributed by atoms with van der Waals surface area (Å²) in [7, 11) is -4.00. The van der Waals surface area contributed by atoms with Gasteiger partial charge in [-0.3, -0.25) is 9.10 Å². The largest absolute Gasteiger partial charge is 0.486 e. The summed E-state index contributed by atoms with van der Waals surface area (Å²) in [5, 5.41) is 4.18. The molecule has 1 amide bonds. The van der Waals surface area contributed by atoms with Gasteiger partial charge in [0, 0.05) is 10.5 Å². The summed E-state index contributed by atoms with van der Waals surface area (Å²) in [6, 6.07) is 18.9. The number of thioether (sulfide) groups is 1. The smallest absolute Gasteiger partial charge is 0.264 e. The predicted octanol–water partition coefficient (Wildman–Crippen LogP) is 4.22. The van der Waals surface area contributed by atoms with Gasteiger partial charge in [-0.1, -0.05) is 17.7 Å². The third kappa shape index (κ3) is 5.83. The lowest BCUT2D eigenvalue weighted by atomic mass is 10.1. The second-order valence-corrected chi connectivity index (χ2v) is 10.9. The molecule has 0 saturated carbocycles. The lowest BCUT2D eigenvalue weighted by Gasteiger charge is -2.24. The number of nitrogens with one attached hydrogen (secondary N) is 1. The third-order valence-corrected chi connectivity index (χ3v) is 8.10. The zero-order valence-corrected chi connectivity index (χ0v) is 21.9. The number of ether oxygens (including phenoxy) is 2. The van der Waals surface area contributed by atoms with Gasteiger partial charge >= 0.3 is 0 Å². The SMILES string of the molecule is CSc1ccc(S(=O)(=O)N(CC(=O)N/N=C(/C)c2ccc3c(c2)OCCO3)c2ccc(C)cc2)cc1. The molecule has 10 heteroatoms. The average molecular weight is 526 g/mol. The number of benzene rings is 3. The molecule has 8 nitrogen and oxygen atoms in total. The molecule has 0 bridgehead atoms. The second kappa shape index (κ2) is 11.0. The summed E-state index contributed by atoms with van der Waals surface area (Å²) >= 11 is 1.52. The number of sulfonamides is 1. The van der Waals surface area contributed by atoms with Gasteiger partial charge in [0.1, 0.15) is 19.8 Å². The Balaban J connectivity index is 1.55. The molecule has 1 aliphatic heterocycles. The fraction of sp³-hybridized carbons (Fsp3) is 0.231. The van der Waals surface area contributed by atoms with Gasteiger partial charge in [0.05, 0.1) is 16.3 Å². The Kier molecular flexibility index (Phi) is 7.85. The predicted molar refractivity (Wildman–Crippen MR) is 142 cm³/mol. The number of hydrazone groups is 1. The minimum Gasteiger partial charge on any atom is -0.486 e. The van der Waals surface area contributed by atoms with Gasteiger partial charge in [-0.05, 0) is 74.7 Å². The van der Waals surface area contributed by atoms with Crippen molar-refractivity contribution >= 4 is 39.1 Å². The molecule has 36 heavy (non-hydrogen) atoms. The quantitative estimate of drug-likeness (QED) is 0.269. The highest BCUT2D eigenvalue weighted by Gasteiger charge is 2.27. The Hall–Kier alpha value is -3.50. The second-order valence-electron chi connectivity index (χ2n) is 8.11. The van der Waals surface area contributed by atoms with Crippen LogP contribution >= 0.6 is 11.8 Å². The summed E-state index contributed by atoms with van der Waals surface area (Å²) in [6.45, 7) is 4.18. The molecule has 0 saturated heterocycles. The molecule has 3 aromatic carbocycles. The monoisotopic (exact) mass is 525 g/mol. The van der Waals surface area contributed by atoms with Crippen LogP contribution in [0.25, 0.3) is 0 Å². The van der Waals surface area contributed by atoms with Crippen LogP contribution in [0.4, 0.5) is 5.69 Å². The summed E-state index contributed by atoms with van der Waals surface area (Å²) in [4.78, 5) is 13.9. The number of amides is 1. The summed E-state index contributed by atoms with van der Waals surface area (Å²) in [5.74, 6) is 0.701. The highest BCUT2D eigenvalue weighted by atomic mass is 32.2. The number of carbonyl (C=O) groups excluding carboxylic acids is 1. The van der Waals surface area contributed by atoms with Crippen LogP contribution in [0.1, 0.15) is 18.1 Å². The minimum atomic E-state index is -4.00. The first kappa shape index (κ1) is 25.6. The van der Waals surface area contributed by atoms with Crippen molar-refractivity contribution in [2.24, 2.45) is 5.10 Å². The van der Waals surface area contributed by atoms with E-state index < -0.39 is 22.5 Å². The van der Waals surface area contributed by atoms with E-state index in [4.69, 9.17) is 9.47 Å². The number of aryl methyl sites for hydroxylation is 1. The van der Waals surface area contributed by atoms with E-state index in [0.29, 0.717) is 36.1 Å². The van der Waals surface area contributed by atoms with Crippen molar-refractivity contribution in [3.05, 3.63) is 77.9 Å². The average Bonchev–Trinajstić information content (AvgIpc) is 2.90. The van der Waals surface area contributed by atoms with Gasteiger partial charge < -0.3 is 9.47 Å². The summed E-state index contributed by atoms with van der Waals surface area (Å²) in [5.41, 5.74) is 5.13. The van der Waals surface area contributed by atoms with E-state index in [9.17, 15) is 13.2 Å². The fourth-order valence-corrected chi connectivity index (χ4v) is 5.38. The van der Waals surface area contributed by atoms with Crippen molar-refractivity contribution in [1.82, 2.24) is 5.43 Å². The zero-order valence-electron chi connectivity index (χ0n) is 20.2. The summed E-state index contributed by atoms with van der Waals surface area (Å²) < 4.78 is 39.3. The highest BCUT2D eigenvalue weighted by Crippen LogP contribution is 2.31. The van der Waals surface area contributed by atoms with Crippen molar-refractivity contribution in [2.45, 2.75) is 23.6 Å². The molecule has 0 aromatic heterocycles. The fourth-order valence-electron chi connectivity index (χ4n) is 3.55. The van der Waals surface area contributed by atoms with Gasteiger partial charge in [0.2, 0.25) is 0 Å². The Bertz CT molecular complexity index is 1370. The highest BCUT2D eigenvalue weighted by molar-refractivity contribution is 7.98. The van der Waals surface area contributed by atoms with Gasteiger partial charge in [0.15, 0.2) is 11.5 Å². The molecule has 0 fully saturated rings. The maximum Gasteiger partial charge on any atom is 0.264 e. The van der Waals surface area contributed by atoms with Crippen LogP contribution in [-0.4, -0.2) is 46.1 Å². The normalized spacial score (nSPS) is 13.2. The number of rotatable bonds is 8. The lowest BCUT2D eigenvalue weighted by Crippen LogP contribution is -2.39. The van der Waals surface area contributed by atoms with Crippen molar-refractivity contribution in [1.29, 1.82) is 0 Å². The lowest BCUT2D eigenvalue weighted by molar-refractivity contribution is -0.119. The van der Waals surface area contributed by atoms with Crippen LogP contribution in [0.2, 0.25) is 0 Å². The maximum atomic E-state index is 13.5. The minimum absolute atomic E-state index is 0.102. The molecule has 0 radical (unpaired) electrons. The molecule has 1 heterocycles. The van der Waals surface area contributed by atoms with Gasteiger partial charge in [0.25, 0.3) is 15.9 Å². The van der Waals surface area contributed by atoms with Crippen LogP contribution in [0.15, 0.2) is 81.6 Å². The van der Waals surface area contributed by atoms with Crippen molar-refractivity contribution in [2.75, 3.05) is 30.3 Å². The molecule has 0 unspecified atom stereocenters. The number of carbonyl (C=O) groups is 1. The maximum absolute atomic E-state index is 13.5. The van der Waals surface area contributed by atoms with Gasteiger partial charge in [-0.15, -0.1) is 11.8 Å². The third-order valence-electron chi connectivity index (χ3n) is 5.56. The number of nitrogens with zero attached hydrogens (tertiary/aromatic N) is 2. The molecule has 0 spiro atoms. The van der Waals surface area contributed by atoms with E-state index in [2.05, 4.69) is 10.5 Å². The van der Waals surface area contributed by atoms with Crippen LogP contribution in [0, 0.1) is 6.92 Å². The molecular weight excluding hydrogens is 498 g/mol. The van der Waals surface area contributed by atoms with Crippen LogP contribution < -0.4 is 19.2 Å². The Morgan fingerprint density at radius 2 is 1.67 bits per heavy atom. The molecule has 188 valence electrons. The van der Waals surface area contributed by atoms with E-state index in [1.54, 1.807) is 67.6 Å². The number of anilines is 1. The molecular formula is C26H27N3O5S2. The number of fused-ring (bicyclic) bond motifs is 1. The molecule has 0 aliphatic carbocycles. The van der Waals surface area contributed by atoms with Crippen molar-refractivity contribution < 1.29 is 22.7 Å². The molecule has 4 rings (SSSR count). The first-order valence-corrected chi connectivity index (χ1v) is 13.9. The van der Waals surface area contributed by atoms with Gasteiger partial charge in [-0.2, -0.15) is 5.10 Å². The molecule has 3 aromatic rings. The first-order valence-electron chi connectivity index (χ1n) is 11.2. The van der Waals surface area contributed by atoms with E-state index in [0.717, 1.165) is 20.3 Å². The molecule has 1 N–H and O–H groups in total. The Labute approximate surface area is 215 Å². The van der Waals surface area contributed by atoms with E-state index in [1.165, 1.54) is 11.8 Å². The molecule has 0 atom stereocenters. The zero-order chi connectivity index (χ0) is 25.7. The van der Waals surface area contributed by atoms with Crippen molar-refractivity contribution in [3.63, 3.8) is 0 Å². The summed E-state index contributed by atoms with van der Waals surface area (Å²) in [6.07, 6.45) is 1.92. The first-order chi connectivity index (χ1) is 17.3. The Morgan fingerprint density at radius 1 is 1.00 bits per heavy atom. The van der Waals surface area contributed by atoms with E-state index in [-0.39, 0.29) is 4.90 Å². The van der Waals surface area contributed by atoms with Crippen LogP contribution in [0.5, 0.6) is 11.5 Å². The van der Waals surface area contributed by atoms with E-state index in [1.807, 2.05) is 19.2 Å². The Morgan fingerprint density at radius 3 is 2.33 bits per heavy atom. The van der Waals surface area contributed by atoms with Gasteiger partial charge in [-0.25, -0.2) is 13.8 Å². The van der Waals surface area contributed by atoms with Crippen LogP contribution in [-0.2, 0) is 14.8 Å². The number of hydrogen-bond donors (Lipinski definition) is 1. The topological polar surface area (TPSA) is 97.3 Å². The molecule has 1 aliphatic rings. The van der Waals surface area contributed by atoms with E-state index >= 15 is 0 Å².